The standard InChI is InChI=1S/C24H32ClN3O4S/c1-18-14-19(2)16-20(15-18)32-13-12-27(3)11-8-24(29)26-23-17-21(6-7-22(23)25)33(30,31)28-9-4-5-10-28/h6-7,14-17H,4-5,8-13H2,1-3H3,(H,26,29). The fourth-order valence-electron chi connectivity index (χ4n) is 3.79. The Labute approximate surface area is 201 Å². The number of carbonyl (C=O) groups excluding carboxylic acids is 1. The number of anilines is 1. The molecule has 0 saturated carbocycles. The molecule has 1 heterocycles. The zero-order valence-corrected chi connectivity index (χ0v) is 21.0. The molecule has 180 valence electrons. The molecule has 33 heavy (non-hydrogen) atoms. The topological polar surface area (TPSA) is 79.0 Å². The minimum Gasteiger partial charge on any atom is -0.492 e. The van der Waals surface area contributed by atoms with E-state index in [1.54, 1.807) is 0 Å². The summed E-state index contributed by atoms with van der Waals surface area (Å²) >= 11 is 6.21. The summed E-state index contributed by atoms with van der Waals surface area (Å²) in [7, 11) is -1.65. The summed E-state index contributed by atoms with van der Waals surface area (Å²) in [5.41, 5.74) is 2.62. The van der Waals surface area contributed by atoms with E-state index in [1.807, 2.05) is 37.9 Å². The first-order valence-electron chi connectivity index (χ1n) is 11.1. The van der Waals surface area contributed by atoms with Gasteiger partial charge in [-0.25, -0.2) is 8.42 Å². The van der Waals surface area contributed by atoms with Crippen LogP contribution in [0.5, 0.6) is 5.75 Å². The minimum absolute atomic E-state index is 0.143. The molecular weight excluding hydrogens is 462 g/mol. The van der Waals surface area contributed by atoms with Crippen LogP contribution in [0.2, 0.25) is 5.02 Å². The average Bonchev–Trinajstić information content (AvgIpc) is 3.29. The number of halogens is 1. The Kier molecular flexibility index (Phi) is 8.75. The van der Waals surface area contributed by atoms with Crippen molar-refractivity contribution in [1.82, 2.24) is 9.21 Å². The quantitative estimate of drug-likeness (QED) is 0.539. The molecule has 0 unspecified atom stereocenters. The summed E-state index contributed by atoms with van der Waals surface area (Å²) in [4.78, 5) is 14.6. The van der Waals surface area contributed by atoms with Gasteiger partial charge < -0.3 is 15.0 Å². The maximum Gasteiger partial charge on any atom is 0.243 e. The van der Waals surface area contributed by atoms with Crippen molar-refractivity contribution >= 4 is 33.2 Å². The van der Waals surface area contributed by atoms with Crippen LogP contribution in [0.25, 0.3) is 0 Å². The number of benzene rings is 2. The smallest absolute Gasteiger partial charge is 0.243 e. The second-order valence-corrected chi connectivity index (χ2v) is 10.9. The van der Waals surface area contributed by atoms with Crippen LogP contribution in [-0.4, -0.2) is 63.4 Å². The van der Waals surface area contributed by atoms with Crippen molar-refractivity contribution < 1.29 is 17.9 Å². The van der Waals surface area contributed by atoms with Crippen molar-refractivity contribution in [2.24, 2.45) is 0 Å². The van der Waals surface area contributed by atoms with Crippen LogP contribution in [0.1, 0.15) is 30.4 Å². The van der Waals surface area contributed by atoms with Crippen molar-refractivity contribution in [2.45, 2.75) is 38.0 Å². The highest BCUT2D eigenvalue weighted by atomic mass is 35.5. The number of hydrogen-bond acceptors (Lipinski definition) is 5. The van der Waals surface area contributed by atoms with Crippen molar-refractivity contribution in [3.8, 4) is 5.75 Å². The van der Waals surface area contributed by atoms with Crippen LogP contribution in [0.15, 0.2) is 41.3 Å². The molecule has 1 N–H and O–H groups in total. The third kappa shape index (κ3) is 7.17. The maximum atomic E-state index is 12.8. The molecular formula is C24H32ClN3O4S. The molecule has 0 aromatic heterocycles. The van der Waals surface area contributed by atoms with Gasteiger partial charge in [-0.15, -0.1) is 0 Å². The minimum atomic E-state index is -3.58. The highest BCUT2D eigenvalue weighted by Crippen LogP contribution is 2.28. The van der Waals surface area contributed by atoms with Gasteiger partial charge in [0.25, 0.3) is 0 Å². The first-order chi connectivity index (χ1) is 15.6. The van der Waals surface area contributed by atoms with Gasteiger partial charge in [0.05, 0.1) is 15.6 Å². The van der Waals surface area contributed by atoms with E-state index in [1.165, 1.54) is 22.5 Å². The number of ether oxygens (including phenoxy) is 1. The molecule has 0 aliphatic carbocycles. The van der Waals surface area contributed by atoms with Gasteiger partial charge in [0.15, 0.2) is 0 Å². The Hall–Kier alpha value is -2.13. The van der Waals surface area contributed by atoms with Gasteiger partial charge in [0.1, 0.15) is 12.4 Å². The Morgan fingerprint density at radius 2 is 1.76 bits per heavy atom. The largest absolute Gasteiger partial charge is 0.492 e. The van der Waals surface area contributed by atoms with Crippen LogP contribution < -0.4 is 10.1 Å². The number of amides is 1. The molecule has 2 aromatic carbocycles. The molecule has 1 fully saturated rings. The summed E-state index contributed by atoms with van der Waals surface area (Å²) in [5.74, 6) is 0.617. The molecule has 1 aliphatic rings. The van der Waals surface area contributed by atoms with Gasteiger partial charge in [0, 0.05) is 32.6 Å². The van der Waals surface area contributed by atoms with Crippen LogP contribution in [-0.2, 0) is 14.8 Å². The number of carbonyl (C=O) groups is 1. The monoisotopic (exact) mass is 493 g/mol. The summed E-state index contributed by atoms with van der Waals surface area (Å²) in [5, 5.41) is 3.06. The third-order valence-electron chi connectivity index (χ3n) is 5.57. The van der Waals surface area contributed by atoms with Crippen molar-refractivity contribution in [3.05, 3.63) is 52.5 Å². The molecule has 0 bridgehead atoms. The van der Waals surface area contributed by atoms with E-state index in [0.717, 1.165) is 29.7 Å². The highest BCUT2D eigenvalue weighted by Gasteiger charge is 2.27. The van der Waals surface area contributed by atoms with Crippen molar-refractivity contribution in [1.29, 1.82) is 0 Å². The number of likely N-dealkylation sites (N-methyl/N-ethyl adjacent to an activating group) is 1. The second kappa shape index (κ2) is 11.3. The lowest BCUT2D eigenvalue weighted by Crippen LogP contribution is -2.29. The fourth-order valence-corrected chi connectivity index (χ4v) is 5.50. The van der Waals surface area contributed by atoms with Crippen LogP contribution in [0.4, 0.5) is 5.69 Å². The van der Waals surface area contributed by atoms with Gasteiger partial charge in [-0.1, -0.05) is 17.7 Å². The van der Waals surface area contributed by atoms with Gasteiger partial charge in [0.2, 0.25) is 15.9 Å². The van der Waals surface area contributed by atoms with E-state index in [4.69, 9.17) is 16.3 Å². The lowest BCUT2D eigenvalue weighted by atomic mass is 10.1. The predicted molar refractivity (Wildman–Crippen MR) is 132 cm³/mol. The zero-order chi connectivity index (χ0) is 24.0. The third-order valence-corrected chi connectivity index (χ3v) is 7.80. The normalized spacial score (nSPS) is 14.6. The summed E-state index contributed by atoms with van der Waals surface area (Å²) in [6, 6.07) is 10.5. The van der Waals surface area contributed by atoms with E-state index in [0.29, 0.717) is 43.5 Å². The summed E-state index contributed by atoms with van der Waals surface area (Å²) in [6.07, 6.45) is 1.97. The SMILES string of the molecule is Cc1cc(C)cc(OCCN(C)CCC(=O)Nc2cc(S(=O)(=O)N3CCCC3)ccc2Cl)c1. The summed E-state index contributed by atoms with van der Waals surface area (Å²) < 4.78 is 32.9. The lowest BCUT2D eigenvalue weighted by Gasteiger charge is -2.18. The van der Waals surface area contributed by atoms with E-state index in [9.17, 15) is 13.2 Å². The number of aryl methyl sites for hydroxylation is 2. The number of nitrogens with one attached hydrogen (secondary N) is 1. The fraction of sp³-hybridized carbons (Fsp3) is 0.458. The molecule has 7 nitrogen and oxygen atoms in total. The maximum absolute atomic E-state index is 12.8. The van der Waals surface area contributed by atoms with Crippen molar-refractivity contribution in [3.63, 3.8) is 0 Å². The molecule has 1 aliphatic heterocycles. The van der Waals surface area contributed by atoms with Gasteiger partial charge >= 0.3 is 0 Å². The number of nitrogens with zero attached hydrogens (tertiary/aromatic N) is 2. The number of rotatable bonds is 10. The first kappa shape index (κ1) is 25.5. The molecule has 2 aromatic rings. The average molecular weight is 494 g/mol. The zero-order valence-electron chi connectivity index (χ0n) is 19.4. The number of hydrogen-bond donors (Lipinski definition) is 1. The molecule has 1 saturated heterocycles. The second-order valence-electron chi connectivity index (χ2n) is 8.53. The van der Waals surface area contributed by atoms with E-state index in [2.05, 4.69) is 11.4 Å². The highest BCUT2D eigenvalue weighted by molar-refractivity contribution is 7.89. The Bertz CT molecular complexity index is 1060. The lowest BCUT2D eigenvalue weighted by molar-refractivity contribution is -0.116. The van der Waals surface area contributed by atoms with Crippen LogP contribution in [0, 0.1) is 13.8 Å². The predicted octanol–water partition coefficient (Wildman–Crippen LogP) is 4.08. The van der Waals surface area contributed by atoms with Gasteiger partial charge in [-0.2, -0.15) is 4.31 Å². The molecule has 9 heteroatoms. The first-order valence-corrected chi connectivity index (χ1v) is 13.0. The Balaban J connectivity index is 1.49. The molecule has 0 radical (unpaired) electrons. The molecule has 0 atom stereocenters. The van der Waals surface area contributed by atoms with E-state index in [-0.39, 0.29) is 17.2 Å². The van der Waals surface area contributed by atoms with Gasteiger partial charge in [-0.3, -0.25) is 4.79 Å². The Morgan fingerprint density at radius 1 is 1.09 bits per heavy atom. The van der Waals surface area contributed by atoms with Crippen LogP contribution in [0.3, 0.4) is 0 Å². The van der Waals surface area contributed by atoms with Crippen molar-refractivity contribution in [2.75, 3.05) is 45.2 Å². The molecule has 0 spiro atoms. The number of sulfonamides is 1. The van der Waals surface area contributed by atoms with E-state index >= 15 is 0 Å². The Morgan fingerprint density at radius 3 is 2.42 bits per heavy atom. The van der Waals surface area contributed by atoms with Gasteiger partial charge in [-0.05, 0) is 75.2 Å². The summed E-state index contributed by atoms with van der Waals surface area (Å²) in [6.45, 7) is 6.83. The molecule has 1 amide bonds. The van der Waals surface area contributed by atoms with Crippen LogP contribution >= 0.6 is 11.6 Å². The van der Waals surface area contributed by atoms with E-state index < -0.39 is 10.0 Å². The molecule has 3 rings (SSSR count).